The summed E-state index contributed by atoms with van der Waals surface area (Å²) in [6, 6.07) is 0. The lowest BCUT2D eigenvalue weighted by Gasteiger charge is -2.23. The number of aliphatic hydroxyl groups is 1. The highest BCUT2D eigenvalue weighted by molar-refractivity contribution is 5.67. The molecule has 0 aliphatic heterocycles. The van der Waals surface area contributed by atoms with Gasteiger partial charge in [-0.1, -0.05) is 20.8 Å². The number of rotatable bonds is 4. The molecule has 0 heterocycles. The van der Waals surface area contributed by atoms with Gasteiger partial charge in [-0.05, 0) is 26.2 Å². The molecule has 0 spiro atoms. The molecule has 102 valence electrons. The van der Waals surface area contributed by atoms with Crippen LogP contribution >= 0.6 is 0 Å². The maximum atomic E-state index is 11.3. The number of hydrogen-bond donors (Lipinski definition) is 3. The van der Waals surface area contributed by atoms with E-state index in [9.17, 15) is 9.90 Å². The molecule has 1 amide bonds. The molecule has 5 nitrogen and oxygen atoms in total. The Bertz CT molecular complexity index is 241. The lowest BCUT2D eigenvalue weighted by molar-refractivity contribution is 0.0469. The summed E-state index contributed by atoms with van der Waals surface area (Å²) in [4.78, 5) is 11.3. The van der Waals surface area contributed by atoms with Gasteiger partial charge >= 0.3 is 6.09 Å². The Morgan fingerprint density at radius 3 is 2.18 bits per heavy atom. The summed E-state index contributed by atoms with van der Waals surface area (Å²) in [5, 5.41) is 15.0. The van der Waals surface area contributed by atoms with Crippen molar-refractivity contribution >= 4 is 6.09 Å². The van der Waals surface area contributed by atoms with Crippen LogP contribution in [0.2, 0.25) is 0 Å². The quantitative estimate of drug-likeness (QED) is 0.657. The Kier molecular flexibility index (Phi) is 5.92. The molecule has 3 N–H and O–H groups in total. The molecule has 0 bridgehead atoms. The van der Waals surface area contributed by atoms with Gasteiger partial charge in [0.1, 0.15) is 11.8 Å². The van der Waals surface area contributed by atoms with Crippen molar-refractivity contribution in [2.45, 2.75) is 53.4 Å². The zero-order valence-electron chi connectivity index (χ0n) is 11.8. The van der Waals surface area contributed by atoms with Crippen LogP contribution < -0.4 is 10.6 Å². The molecular weight excluding hydrogens is 220 g/mol. The van der Waals surface area contributed by atoms with Gasteiger partial charge in [0.25, 0.3) is 0 Å². The van der Waals surface area contributed by atoms with Crippen LogP contribution in [-0.4, -0.2) is 36.1 Å². The predicted molar refractivity (Wildman–Crippen MR) is 67.7 cm³/mol. The Balaban J connectivity index is 3.77. The first-order chi connectivity index (χ1) is 7.49. The van der Waals surface area contributed by atoms with Gasteiger partial charge in [-0.2, -0.15) is 0 Å². The summed E-state index contributed by atoms with van der Waals surface area (Å²) < 4.78 is 5.04. The summed E-state index contributed by atoms with van der Waals surface area (Å²) in [5.41, 5.74) is -0.430. The van der Waals surface area contributed by atoms with Crippen molar-refractivity contribution in [2.24, 2.45) is 5.41 Å². The second kappa shape index (κ2) is 6.21. The van der Waals surface area contributed by atoms with E-state index in [-0.39, 0.29) is 12.0 Å². The van der Waals surface area contributed by atoms with Crippen molar-refractivity contribution < 1.29 is 14.6 Å². The zero-order chi connectivity index (χ0) is 13.7. The number of alkyl carbamates (subject to hydrolysis) is 1. The third-order valence-electron chi connectivity index (χ3n) is 1.71. The molecule has 0 aromatic carbocycles. The standard InChI is InChI=1S/C12H26N2O3/c1-11(2,3)8-14-9(15)7-13-10(16)17-12(4,5)6/h9,14-15H,7-8H2,1-6H3,(H,13,16). The molecular formula is C12H26N2O3. The highest BCUT2D eigenvalue weighted by Gasteiger charge is 2.17. The van der Waals surface area contributed by atoms with Crippen LogP contribution in [0.15, 0.2) is 0 Å². The number of nitrogens with one attached hydrogen (secondary N) is 2. The Hall–Kier alpha value is -0.810. The summed E-state index contributed by atoms with van der Waals surface area (Å²) in [7, 11) is 0. The van der Waals surface area contributed by atoms with Crippen LogP contribution in [0.1, 0.15) is 41.5 Å². The highest BCUT2D eigenvalue weighted by Crippen LogP contribution is 2.10. The molecule has 1 unspecified atom stereocenters. The van der Waals surface area contributed by atoms with Crippen molar-refractivity contribution in [3.8, 4) is 0 Å². The third kappa shape index (κ3) is 11.5. The van der Waals surface area contributed by atoms with Crippen molar-refractivity contribution in [1.82, 2.24) is 10.6 Å². The number of amides is 1. The maximum Gasteiger partial charge on any atom is 0.407 e. The van der Waals surface area contributed by atoms with Gasteiger partial charge in [0.15, 0.2) is 0 Å². The summed E-state index contributed by atoms with van der Waals surface area (Å²) >= 11 is 0. The van der Waals surface area contributed by atoms with Crippen LogP contribution in [0, 0.1) is 5.41 Å². The number of hydrogen-bond acceptors (Lipinski definition) is 4. The number of aliphatic hydroxyl groups excluding tert-OH is 1. The molecule has 0 aliphatic rings. The molecule has 0 fully saturated rings. The minimum atomic E-state index is -0.762. The van der Waals surface area contributed by atoms with Gasteiger partial charge in [0.2, 0.25) is 0 Å². The first-order valence-corrected chi connectivity index (χ1v) is 5.88. The van der Waals surface area contributed by atoms with E-state index in [4.69, 9.17) is 4.74 Å². The summed E-state index contributed by atoms with van der Waals surface area (Å²) in [5.74, 6) is 0. The van der Waals surface area contributed by atoms with Crippen molar-refractivity contribution in [2.75, 3.05) is 13.1 Å². The van der Waals surface area contributed by atoms with Crippen molar-refractivity contribution in [3.63, 3.8) is 0 Å². The van der Waals surface area contributed by atoms with Crippen molar-refractivity contribution in [1.29, 1.82) is 0 Å². The minimum absolute atomic E-state index is 0.0902. The fourth-order valence-corrected chi connectivity index (χ4v) is 0.990. The van der Waals surface area contributed by atoms with Crippen LogP contribution in [-0.2, 0) is 4.74 Å². The van der Waals surface area contributed by atoms with E-state index in [0.29, 0.717) is 6.54 Å². The van der Waals surface area contributed by atoms with E-state index in [1.54, 1.807) is 20.8 Å². The van der Waals surface area contributed by atoms with Gasteiger partial charge < -0.3 is 15.2 Å². The average molecular weight is 246 g/mol. The van der Waals surface area contributed by atoms with E-state index in [1.165, 1.54) is 0 Å². The van der Waals surface area contributed by atoms with E-state index < -0.39 is 17.9 Å². The van der Waals surface area contributed by atoms with Crippen LogP contribution in [0.5, 0.6) is 0 Å². The molecule has 17 heavy (non-hydrogen) atoms. The molecule has 1 atom stereocenters. The third-order valence-corrected chi connectivity index (χ3v) is 1.71. The van der Waals surface area contributed by atoms with Gasteiger partial charge in [0, 0.05) is 6.54 Å². The van der Waals surface area contributed by atoms with Crippen molar-refractivity contribution in [3.05, 3.63) is 0 Å². The van der Waals surface area contributed by atoms with E-state index in [0.717, 1.165) is 0 Å². The van der Waals surface area contributed by atoms with Gasteiger partial charge in [-0.15, -0.1) is 0 Å². The second-order valence-corrected chi connectivity index (χ2v) is 6.34. The van der Waals surface area contributed by atoms with Crippen LogP contribution in [0.4, 0.5) is 4.79 Å². The fourth-order valence-electron chi connectivity index (χ4n) is 0.990. The van der Waals surface area contributed by atoms with Crippen LogP contribution in [0.3, 0.4) is 0 Å². The molecule has 0 radical (unpaired) electrons. The van der Waals surface area contributed by atoms with E-state index >= 15 is 0 Å². The molecule has 0 rings (SSSR count). The first kappa shape index (κ1) is 16.2. The zero-order valence-corrected chi connectivity index (χ0v) is 11.8. The van der Waals surface area contributed by atoms with Gasteiger partial charge in [-0.25, -0.2) is 4.79 Å². The lowest BCUT2D eigenvalue weighted by atomic mass is 9.97. The molecule has 0 aliphatic carbocycles. The fraction of sp³-hybridized carbons (Fsp3) is 0.917. The SMILES string of the molecule is CC(C)(C)CNC(O)CNC(=O)OC(C)(C)C. The Morgan fingerprint density at radius 1 is 1.24 bits per heavy atom. The molecule has 0 aromatic heterocycles. The largest absolute Gasteiger partial charge is 0.444 e. The Labute approximate surface area is 104 Å². The number of carbonyl (C=O) groups is 1. The molecule has 0 saturated heterocycles. The smallest absolute Gasteiger partial charge is 0.407 e. The molecule has 0 saturated carbocycles. The summed E-state index contributed by atoms with van der Waals surface area (Å²) in [6.07, 6.45) is -1.28. The van der Waals surface area contributed by atoms with Gasteiger partial charge in [0.05, 0.1) is 6.54 Å². The van der Waals surface area contributed by atoms with Gasteiger partial charge in [-0.3, -0.25) is 5.32 Å². The van der Waals surface area contributed by atoms with E-state index in [1.807, 2.05) is 0 Å². The first-order valence-electron chi connectivity index (χ1n) is 5.88. The number of carbonyl (C=O) groups excluding carboxylic acids is 1. The molecule has 0 aromatic rings. The Morgan fingerprint density at radius 2 is 1.76 bits per heavy atom. The minimum Gasteiger partial charge on any atom is -0.444 e. The van der Waals surface area contributed by atoms with Crippen LogP contribution in [0.25, 0.3) is 0 Å². The lowest BCUT2D eigenvalue weighted by Crippen LogP contribution is -2.44. The molecule has 5 heteroatoms. The second-order valence-electron chi connectivity index (χ2n) is 6.34. The van der Waals surface area contributed by atoms with E-state index in [2.05, 4.69) is 31.4 Å². The predicted octanol–water partition coefficient (Wildman–Crippen LogP) is 1.47. The number of ether oxygens (including phenoxy) is 1. The highest BCUT2D eigenvalue weighted by atomic mass is 16.6. The summed E-state index contributed by atoms with van der Waals surface area (Å²) in [6.45, 7) is 12.4. The normalized spacial score (nSPS) is 14.3. The maximum absolute atomic E-state index is 11.3. The topological polar surface area (TPSA) is 70.6 Å². The average Bonchev–Trinajstić information content (AvgIpc) is 2.07. The monoisotopic (exact) mass is 246 g/mol.